The Labute approximate surface area is 147 Å². The molecule has 1 amide bonds. The van der Waals surface area contributed by atoms with Crippen LogP contribution < -0.4 is 15.8 Å². The molecule has 3 N–H and O–H groups in total. The average molecular weight is 357 g/mol. The van der Waals surface area contributed by atoms with E-state index in [1.165, 1.54) is 12.1 Å². The lowest BCUT2D eigenvalue weighted by atomic mass is 10.1. The molecule has 10 nitrogen and oxygen atoms in total. The molecule has 0 aliphatic carbocycles. The van der Waals surface area contributed by atoms with Crippen LogP contribution in [0.3, 0.4) is 0 Å². The monoisotopic (exact) mass is 357 g/mol. The van der Waals surface area contributed by atoms with E-state index >= 15 is 0 Å². The number of rotatable bonds is 5. The summed E-state index contributed by atoms with van der Waals surface area (Å²) in [6.45, 7) is 2.71. The van der Waals surface area contributed by atoms with Gasteiger partial charge in [0.2, 0.25) is 5.75 Å². The molecule has 10 heteroatoms. The van der Waals surface area contributed by atoms with E-state index in [0.29, 0.717) is 30.3 Å². The molecule has 0 bridgehead atoms. The van der Waals surface area contributed by atoms with Crippen molar-refractivity contribution in [1.82, 2.24) is 10.2 Å². The SMILES string of the molecule is Cc1ccc(Nc2cc(OC(N)=O)c([N+](=O)[O-])cc2C=C2COC2)nn1. The number of aryl methyl sites for hydroxylation is 1. The number of carbonyl (C=O) groups is 1. The molecular weight excluding hydrogens is 342 g/mol. The Morgan fingerprint density at radius 3 is 2.69 bits per heavy atom. The van der Waals surface area contributed by atoms with Crippen molar-refractivity contribution in [2.24, 2.45) is 5.73 Å². The van der Waals surface area contributed by atoms with E-state index in [1.807, 2.05) is 0 Å². The van der Waals surface area contributed by atoms with Crippen LogP contribution >= 0.6 is 0 Å². The zero-order valence-corrected chi connectivity index (χ0v) is 13.8. The third kappa shape index (κ3) is 3.92. The van der Waals surface area contributed by atoms with Crippen LogP contribution in [0.4, 0.5) is 22.0 Å². The lowest BCUT2D eigenvalue weighted by Gasteiger charge is -2.18. The Morgan fingerprint density at radius 2 is 2.15 bits per heavy atom. The summed E-state index contributed by atoms with van der Waals surface area (Å²) in [5.41, 5.74) is 7.31. The number of amides is 1. The summed E-state index contributed by atoms with van der Waals surface area (Å²) in [6, 6.07) is 6.10. The topological polar surface area (TPSA) is 142 Å². The number of hydrogen-bond donors (Lipinski definition) is 2. The number of nitrogens with two attached hydrogens (primary N) is 1. The molecule has 1 aromatic heterocycles. The highest BCUT2D eigenvalue weighted by atomic mass is 16.6. The van der Waals surface area contributed by atoms with Crippen molar-refractivity contribution in [1.29, 1.82) is 0 Å². The maximum Gasteiger partial charge on any atom is 0.410 e. The van der Waals surface area contributed by atoms with Crippen molar-refractivity contribution >= 4 is 29.4 Å². The lowest BCUT2D eigenvalue weighted by Crippen LogP contribution is -2.17. The fourth-order valence-electron chi connectivity index (χ4n) is 2.27. The van der Waals surface area contributed by atoms with Crippen molar-refractivity contribution in [3.63, 3.8) is 0 Å². The number of aromatic nitrogens is 2. The van der Waals surface area contributed by atoms with Gasteiger partial charge >= 0.3 is 11.8 Å². The number of nitrogens with one attached hydrogen (secondary N) is 1. The number of nitro groups is 1. The number of hydrogen-bond acceptors (Lipinski definition) is 8. The highest BCUT2D eigenvalue weighted by Crippen LogP contribution is 2.36. The predicted molar refractivity (Wildman–Crippen MR) is 92.2 cm³/mol. The Morgan fingerprint density at radius 1 is 1.38 bits per heavy atom. The van der Waals surface area contributed by atoms with E-state index in [0.717, 1.165) is 11.3 Å². The Kier molecular flexibility index (Phi) is 4.76. The molecule has 134 valence electrons. The number of nitro benzene ring substituents is 1. The zero-order chi connectivity index (χ0) is 18.7. The number of carbonyl (C=O) groups excluding carboxylic acids is 1. The zero-order valence-electron chi connectivity index (χ0n) is 13.8. The van der Waals surface area contributed by atoms with Crippen molar-refractivity contribution in [3.05, 3.63) is 51.2 Å². The van der Waals surface area contributed by atoms with E-state index in [2.05, 4.69) is 15.5 Å². The maximum atomic E-state index is 11.3. The normalized spacial score (nSPS) is 12.9. The molecular formula is C16H15N5O5. The van der Waals surface area contributed by atoms with Gasteiger partial charge in [-0.15, -0.1) is 5.10 Å². The molecule has 0 spiro atoms. The van der Waals surface area contributed by atoms with Crippen molar-refractivity contribution in [2.45, 2.75) is 6.92 Å². The van der Waals surface area contributed by atoms with E-state index in [-0.39, 0.29) is 11.4 Å². The maximum absolute atomic E-state index is 11.3. The summed E-state index contributed by atoms with van der Waals surface area (Å²) < 4.78 is 9.88. The molecule has 2 heterocycles. The summed E-state index contributed by atoms with van der Waals surface area (Å²) >= 11 is 0. The van der Waals surface area contributed by atoms with Gasteiger partial charge < -0.3 is 20.5 Å². The number of anilines is 2. The largest absolute Gasteiger partial charge is 0.410 e. The van der Waals surface area contributed by atoms with Gasteiger partial charge in [0.1, 0.15) is 0 Å². The molecule has 26 heavy (non-hydrogen) atoms. The van der Waals surface area contributed by atoms with Gasteiger partial charge in [-0.2, -0.15) is 5.10 Å². The number of ether oxygens (including phenoxy) is 2. The molecule has 1 saturated heterocycles. The van der Waals surface area contributed by atoms with Crippen molar-refractivity contribution in [2.75, 3.05) is 18.5 Å². The smallest absolute Gasteiger partial charge is 0.403 e. The van der Waals surface area contributed by atoms with E-state index in [9.17, 15) is 14.9 Å². The first-order valence-corrected chi connectivity index (χ1v) is 7.56. The standard InChI is InChI=1S/C16H15N5O5/c1-9-2-3-15(20-19-9)18-12-6-14(26-16(17)22)13(21(23)24)5-11(12)4-10-7-25-8-10/h2-6H,7-8H2,1H3,(H2,17,22)(H,18,20). The minimum absolute atomic E-state index is 0.267. The van der Waals surface area contributed by atoms with Gasteiger partial charge in [0.05, 0.1) is 29.5 Å². The summed E-state index contributed by atoms with van der Waals surface area (Å²) in [5, 5.41) is 22.3. The highest BCUT2D eigenvalue weighted by Gasteiger charge is 2.22. The fraction of sp³-hybridized carbons (Fsp3) is 0.188. The molecule has 2 aromatic rings. The van der Waals surface area contributed by atoms with Gasteiger partial charge in [-0.05, 0) is 30.7 Å². The first kappa shape index (κ1) is 17.3. The van der Waals surface area contributed by atoms with Crippen LogP contribution in [0, 0.1) is 17.0 Å². The van der Waals surface area contributed by atoms with Crippen molar-refractivity contribution < 1.29 is 19.2 Å². The predicted octanol–water partition coefficient (Wildman–Crippen LogP) is 2.31. The molecule has 0 saturated carbocycles. The van der Waals surface area contributed by atoms with Gasteiger partial charge in [-0.3, -0.25) is 10.1 Å². The minimum atomic E-state index is -1.15. The Balaban J connectivity index is 2.06. The number of nitrogens with zero attached hydrogens (tertiary/aromatic N) is 3. The first-order valence-electron chi connectivity index (χ1n) is 7.56. The van der Waals surface area contributed by atoms with E-state index in [4.69, 9.17) is 15.2 Å². The van der Waals surface area contributed by atoms with E-state index < -0.39 is 11.0 Å². The van der Waals surface area contributed by atoms with Gasteiger partial charge in [-0.1, -0.05) is 0 Å². The highest BCUT2D eigenvalue weighted by molar-refractivity contribution is 5.79. The number of benzene rings is 1. The van der Waals surface area contributed by atoms with Crippen LogP contribution in [0.2, 0.25) is 0 Å². The third-order valence-corrected chi connectivity index (χ3v) is 3.53. The van der Waals surface area contributed by atoms with Gasteiger partial charge in [0, 0.05) is 17.7 Å². The molecule has 3 rings (SSSR count). The summed E-state index contributed by atoms with van der Waals surface area (Å²) in [4.78, 5) is 21.7. The summed E-state index contributed by atoms with van der Waals surface area (Å²) in [5.74, 6) is 0.163. The second-order valence-electron chi connectivity index (χ2n) is 5.57. The van der Waals surface area contributed by atoms with Crippen LogP contribution in [0.15, 0.2) is 29.8 Å². The molecule has 1 aliphatic heterocycles. The van der Waals surface area contributed by atoms with Crippen LogP contribution in [0.5, 0.6) is 5.75 Å². The van der Waals surface area contributed by atoms with Gasteiger partial charge in [0.25, 0.3) is 0 Å². The first-order chi connectivity index (χ1) is 12.4. The average Bonchev–Trinajstić information content (AvgIpc) is 2.53. The molecule has 0 unspecified atom stereocenters. The Bertz CT molecular complexity index is 889. The van der Waals surface area contributed by atoms with Crippen molar-refractivity contribution in [3.8, 4) is 5.75 Å². The quantitative estimate of drug-likeness (QED) is 0.613. The van der Waals surface area contributed by atoms with Crippen LogP contribution in [0.1, 0.15) is 11.3 Å². The summed E-state index contributed by atoms with van der Waals surface area (Å²) in [7, 11) is 0. The van der Waals surface area contributed by atoms with Crippen LogP contribution in [-0.2, 0) is 4.74 Å². The second kappa shape index (κ2) is 7.15. The Hall–Kier alpha value is -3.53. The molecule has 0 atom stereocenters. The second-order valence-corrected chi connectivity index (χ2v) is 5.57. The summed E-state index contributed by atoms with van der Waals surface area (Å²) in [6.07, 6.45) is 0.627. The van der Waals surface area contributed by atoms with Gasteiger partial charge in [0.15, 0.2) is 5.82 Å². The van der Waals surface area contributed by atoms with Gasteiger partial charge in [-0.25, -0.2) is 4.79 Å². The van der Waals surface area contributed by atoms with E-state index in [1.54, 1.807) is 25.1 Å². The number of primary amides is 1. The molecule has 1 aromatic carbocycles. The minimum Gasteiger partial charge on any atom is -0.403 e. The fourth-order valence-corrected chi connectivity index (χ4v) is 2.27. The lowest BCUT2D eigenvalue weighted by molar-refractivity contribution is -0.385. The molecule has 1 aliphatic rings. The molecule has 1 fully saturated rings. The van der Waals surface area contributed by atoms with Crippen LogP contribution in [0.25, 0.3) is 6.08 Å². The molecule has 0 radical (unpaired) electrons. The third-order valence-electron chi connectivity index (χ3n) is 3.53. The van der Waals surface area contributed by atoms with Crippen LogP contribution in [-0.4, -0.2) is 34.4 Å².